The fraction of sp³-hybridized carbons (Fsp3) is 0.538. The first kappa shape index (κ1) is 15.5. The molecule has 1 aliphatic rings. The van der Waals surface area contributed by atoms with Gasteiger partial charge >= 0.3 is 0 Å². The Labute approximate surface area is 120 Å². The monoisotopic (exact) mass is 317 g/mol. The van der Waals surface area contributed by atoms with Crippen LogP contribution in [0, 0.1) is 0 Å². The number of rotatable bonds is 5. The van der Waals surface area contributed by atoms with Crippen LogP contribution in [0.15, 0.2) is 30.3 Å². The first-order valence-corrected chi connectivity index (χ1v) is 10.1. The molecule has 0 saturated carbocycles. The van der Waals surface area contributed by atoms with Crippen molar-refractivity contribution in [3.05, 3.63) is 35.9 Å². The Kier molecular flexibility index (Phi) is 4.51. The van der Waals surface area contributed by atoms with Gasteiger partial charge in [0.25, 0.3) is 0 Å². The highest BCUT2D eigenvalue weighted by atomic mass is 32.2. The van der Waals surface area contributed by atoms with Crippen LogP contribution in [0.5, 0.6) is 0 Å². The lowest BCUT2D eigenvalue weighted by Gasteiger charge is -2.16. The van der Waals surface area contributed by atoms with Gasteiger partial charge in [0, 0.05) is 19.3 Å². The molecule has 0 unspecified atom stereocenters. The molecule has 1 saturated heterocycles. The predicted molar refractivity (Wildman–Crippen MR) is 78.8 cm³/mol. The van der Waals surface area contributed by atoms with Crippen molar-refractivity contribution in [2.24, 2.45) is 0 Å². The number of hydrogen-bond acceptors (Lipinski definition) is 4. The first-order chi connectivity index (χ1) is 9.29. The van der Waals surface area contributed by atoms with Crippen LogP contribution in [0.3, 0.4) is 0 Å². The maximum Gasteiger partial charge on any atom is 0.214 e. The Morgan fingerprint density at radius 1 is 1.15 bits per heavy atom. The molecule has 0 aliphatic carbocycles. The van der Waals surface area contributed by atoms with Crippen molar-refractivity contribution >= 4 is 19.9 Å². The van der Waals surface area contributed by atoms with Crippen LogP contribution in [0.25, 0.3) is 0 Å². The van der Waals surface area contributed by atoms with Gasteiger partial charge in [-0.05, 0) is 18.4 Å². The van der Waals surface area contributed by atoms with Gasteiger partial charge in [0.15, 0.2) is 9.84 Å². The highest BCUT2D eigenvalue weighted by Gasteiger charge is 2.35. The molecule has 7 heteroatoms. The Bertz CT molecular complexity index is 653. The van der Waals surface area contributed by atoms with E-state index in [2.05, 4.69) is 0 Å². The van der Waals surface area contributed by atoms with Gasteiger partial charge < -0.3 is 0 Å². The number of sulfone groups is 1. The molecule has 2 rings (SSSR count). The van der Waals surface area contributed by atoms with Gasteiger partial charge in [-0.1, -0.05) is 30.3 Å². The predicted octanol–water partition coefficient (Wildman–Crippen LogP) is 0.678. The third kappa shape index (κ3) is 3.80. The molecule has 1 aromatic rings. The summed E-state index contributed by atoms with van der Waals surface area (Å²) in [5, 5.41) is -0.561. The molecule has 0 spiro atoms. The Morgan fingerprint density at radius 3 is 2.35 bits per heavy atom. The third-order valence-electron chi connectivity index (χ3n) is 3.60. The summed E-state index contributed by atoms with van der Waals surface area (Å²) in [5.74, 6) is 0.0213. The van der Waals surface area contributed by atoms with E-state index >= 15 is 0 Å². The molecule has 1 aromatic carbocycles. The van der Waals surface area contributed by atoms with Crippen LogP contribution in [0.2, 0.25) is 0 Å². The molecule has 0 N–H and O–H groups in total. The number of aryl methyl sites for hydroxylation is 1. The molecule has 112 valence electrons. The van der Waals surface area contributed by atoms with Gasteiger partial charge in [0.1, 0.15) is 0 Å². The molecule has 0 bridgehead atoms. The quantitative estimate of drug-likeness (QED) is 0.800. The van der Waals surface area contributed by atoms with Gasteiger partial charge in [-0.2, -0.15) is 0 Å². The van der Waals surface area contributed by atoms with Crippen LogP contribution in [-0.2, 0) is 26.3 Å². The molecule has 20 heavy (non-hydrogen) atoms. The second-order valence-corrected chi connectivity index (χ2v) is 9.56. The third-order valence-corrected chi connectivity index (χ3v) is 7.03. The van der Waals surface area contributed by atoms with Crippen molar-refractivity contribution < 1.29 is 16.8 Å². The average molecular weight is 317 g/mol. The Hall–Kier alpha value is -0.920. The molecule has 1 atom stereocenters. The van der Waals surface area contributed by atoms with Crippen molar-refractivity contribution in [1.82, 2.24) is 4.31 Å². The van der Waals surface area contributed by atoms with Gasteiger partial charge in [-0.3, -0.25) is 0 Å². The normalized spacial score (nSPS) is 21.1. The minimum absolute atomic E-state index is 0.0213. The number of hydrogen-bond donors (Lipinski definition) is 0. The zero-order chi connectivity index (χ0) is 14.8. The number of nitrogens with zero attached hydrogens (tertiary/aromatic N) is 1. The molecule has 1 aliphatic heterocycles. The fourth-order valence-electron chi connectivity index (χ4n) is 2.32. The summed E-state index contributed by atoms with van der Waals surface area (Å²) < 4.78 is 48.7. The van der Waals surface area contributed by atoms with E-state index in [0.717, 1.165) is 11.8 Å². The largest absolute Gasteiger partial charge is 0.229 e. The lowest BCUT2D eigenvalue weighted by atomic mass is 10.2. The van der Waals surface area contributed by atoms with Crippen molar-refractivity contribution in [3.63, 3.8) is 0 Å². The minimum Gasteiger partial charge on any atom is -0.229 e. The first-order valence-electron chi connectivity index (χ1n) is 6.50. The second-order valence-electron chi connectivity index (χ2n) is 5.15. The maximum atomic E-state index is 12.2. The molecule has 1 heterocycles. The van der Waals surface area contributed by atoms with Crippen LogP contribution in [0.1, 0.15) is 12.0 Å². The number of benzene rings is 1. The molecule has 0 aromatic heterocycles. The molecule has 0 amide bonds. The summed E-state index contributed by atoms with van der Waals surface area (Å²) in [7, 11) is -6.55. The molecule has 1 fully saturated rings. The van der Waals surface area contributed by atoms with E-state index in [1.54, 1.807) is 0 Å². The Morgan fingerprint density at radius 2 is 1.80 bits per heavy atom. The average Bonchev–Trinajstić information content (AvgIpc) is 2.88. The topological polar surface area (TPSA) is 71.5 Å². The summed E-state index contributed by atoms with van der Waals surface area (Å²) in [6, 6.07) is 9.40. The molecule has 0 radical (unpaired) electrons. The minimum atomic E-state index is -3.38. The SMILES string of the molecule is CS(=O)(=O)[C@@H]1CCN(S(=O)(=O)CCc2ccccc2)C1. The fourth-order valence-corrected chi connectivity index (χ4v) is 4.94. The van der Waals surface area contributed by atoms with Gasteiger partial charge in [0.2, 0.25) is 10.0 Å². The summed E-state index contributed by atoms with van der Waals surface area (Å²) >= 11 is 0. The summed E-state index contributed by atoms with van der Waals surface area (Å²) in [6.45, 7) is 0.394. The zero-order valence-electron chi connectivity index (χ0n) is 11.4. The molecule has 5 nitrogen and oxygen atoms in total. The maximum absolute atomic E-state index is 12.2. The van der Waals surface area contributed by atoms with Crippen molar-refractivity contribution in [1.29, 1.82) is 0 Å². The second kappa shape index (κ2) is 5.83. The lowest BCUT2D eigenvalue weighted by Crippen LogP contribution is -2.33. The van der Waals surface area contributed by atoms with E-state index in [4.69, 9.17) is 0 Å². The van der Waals surface area contributed by atoms with E-state index in [1.807, 2.05) is 30.3 Å². The van der Waals surface area contributed by atoms with E-state index in [9.17, 15) is 16.8 Å². The highest BCUT2D eigenvalue weighted by Crippen LogP contribution is 2.20. The van der Waals surface area contributed by atoms with E-state index in [0.29, 0.717) is 19.4 Å². The summed E-state index contributed by atoms with van der Waals surface area (Å²) in [4.78, 5) is 0. The van der Waals surface area contributed by atoms with Crippen LogP contribution < -0.4 is 0 Å². The van der Waals surface area contributed by atoms with Crippen LogP contribution >= 0.6 is 0 Å². The van der Waals surface area contributed by atoms with Crippen molar-refractivity contribution in [2.45, 2.75) is 18.1 Å². The van der Waals surface area contributed by atoms with Crippen molar-refractivity contribution in [2.75, 3.05) is 25.1 Å². The van der Waals surface area contributed by atoms with Crippen LogP contribution in [0.4, 0.5) is 0 Å². The van der Waals surface area contributed by atoms with Gasteiger partial charge in [-0.15, -0.1) is 0 Å². The summed E-state index contributed by atoms with van der Waals surface area (Å²) in [5.41, 5.74) is 0.968. The smallest absolute Gasteiger partial charge is 0.214 e. The van der Waals surface area contributed by atoms with E-state index < -0.39 is 25.1 Å². The zero-order valence-corrected chi connectivity index (χ0v) is 13.0. The van der Waals surface area contributed by atoms with E-state index in [1.165, 1.54) is 4.31 Å². The summed E-state index contributed by atoms with van der Waals surface area (Å²) in [6.07, 6.45) is 2.00. The van der Waals surface area contributed by atoms with Crippen molar-refractivity contribution in [3.8, 4) is 0 Å². The van der Waals surface area contributed by atoms with Gasteiger partial charge in [0.05, 0.1) is 11.0 Å². The molecular formula is C13H19NO4S2. The highest BCUT2D eigenvalue weighted by molar-refractivity contribution is 7.91. The van der Waals surface area contributed by atoms with Crippen LogP contribution in [-0.4, -0.2) is 51.5 Å². The lowest BCUT2D eigenvalue weighted by molar-refractivity contribution is 0.476. The standard InChI is InChI=1S/C13H19NO4S2/c1-19(15,16)13-7-9-14(11-13)20(17,18)10-8-12-5-3-2-4-6-12/h2-6,13H,7-11H2,1H3/t13-/m1/s1. The number of sulfonamides is 1. The van der Waals surface area contributed by atoms with E-state index in [-0.39, 0.29) is 12.3 Å². The van der Waals surface area contributed by atoms with Gasteiger partial charge in [-0.25, -0.2) is 21.1 Å². The Balaban J connectivity index is 1.98. The molecular weight excluding hydrogens is 298 g/mol.